The van der Waals surface area contributed by atoms with Crippen LogP contribution in [0.4, 0.5) is 0 Å². The Morgan fingerprint density at radius 2 is 1.95 bits per heavy atom. The van der Waals surface area contributed by atoms with Crippen LogP contribution in [-0.2, 0) is 0 Å². The molecule has 1 heterocycles. The monoisotopic (exact) mass is 346 g/mol. The number of carbonyl (C=O) groups is 1. The van der Waals surface area contributed by atoms with Gasteiger partial charge in [0.25, 0.3) is 5.91 Å². The predicted molar refractivity (Wildman–Crippen MR) is 89.6 cm³/mol. The van der Waals surface area contributed by atoms with Crippen LogP contribution in [0.3, 0.4) is 0 Å². The molecule has 2 aromatic rings. The van der Waals surface area contributed by atoms with E-state index in [1.807, 2.05) is 35.2 Å². The minimum absolute atomic E-state index is 0.146. The van der Waals surface area contributed by atoms with Crippen LogP contribution in [0.2, 0.25) is 0 Å². The Morgan fingerprint density at radius 3 is 2.62 bits per heavy atom. The SMILES string of the molecule is CCCN(C(=O)c1ccc2cc(Br)ccc2c1)C1CNC1. The Hall–Kier alpha value is -1.39. The Bertz CT molecular complexity index is 667. The summed E-state index contributed by atoms with van der Waals surface area (Å²) >= 11 is 3.48. The zero-order valence-electron chi connectivity index (χ0n) is 12.1. The van der Waals surface area contributed by atoms with Crippen LogP contribution in [0.15, 0.2) is 40.9 Å². The fourth-order valence-electron chi connectivity index (χ4n) is 2.70. The Balaban J connectivity index is 1.90. The number of halogens is 1. The Labute approximate surface area is 133 Å². The van der Waals surface area contributed by atoms with Crippen LogP contribution >= 0.6 is 15.9 Å². The third kappa shape index (κ3) is 2.97. The van der Waals surface area contributed by atoms with Gasteiger partial charge in [-0.15, -0.1) is 0 Å². The molecule has 3 nitrogen and oxygen atoms in total. The van der Waals surface area contributed by atoms with Gasteiger partial charge in [0, 0.05) is 29.7 Å². The first-order chi connectivity index (χ1) is 10.2. The highest BCUT2D eigenvalue weighted by molar-refractivity contribution is 9.10. The third-order valence-corrected chi connectivity index (χ3v) is 4.47. The normalized spacial score (nSPS) is 15.0. The summed E-state index contributed by atoms with van der Waals surface area (Å²) in [5.74, 6) is 0.146. The van der Waals surface area contributed by atoms with Gasteiger partial charge in [0.1, 0.15) is 0 Å². The van der Waals surface area contributed by atoms with E-state index in [-0.39, 0.29) is 5.91 Å². The maximum absolute atomic E-state index is 12.8. The first kappa shape index (κ1) is 14.5. The van der Waals surface area contributed by atoms with E-state index in [9.17, 15) is 4.79 Å². The van der Waals surface area contributed by atoms with Gasteiger partial charge in [-0.2, -0.15) is 0 Å². The van der Waals surface area contributed by atoms with E-state index < -0.39 is 0 Å². The van der Waals surface area contributed by atoms with Crippen LogP contribution in [0.5, 0.6) is 0 Å². The molecule has 0 unspecified atom stereocenters. The van der Waals surface area contributed by atoms with Gasteiger partial charge in [-0.3, -0.25) is 4.79 Å². The molecule has 0 atom stereocenters. The molecule has 1 aliphatic rings. The molecule has 110 valence electrons. The predicted octanol–water partition coefficient (Wildman–Crippen LogP) is 3.43. The molecule has 1 aliphatic heterocycles. The number of carbonyl (C=O) groups excluding carboxylic acids is 1. The van der Waals surface area contributed by atoms with E-state index in [1.54, 1.807) is 0 Å². The van der Waals surface area contributed by atoms with Crippen molar-refractivity contribution in [3.63, 3.8) is 0 Å². The number of hydrogen-bond donors (Lipinski definition) is 1. The van der Waals surface area contributed by atoms with Crippen LogP contribution in [0.1, 0.15) is 23.7 Å². The third-order valence-electron chi connectivity index (χ3n) is 3.98. The van der Waals surface area contributed by atoms with Gasteiger partial charge in [0.15, 0.2) is 0 Å². The maximum atomic E-state index is 12.8. The zero-order chi connectivity index (χ0) is 14.8. The molecule has 1 saturated heterocycles. The molecule has 0 aromatic heterocycles. The van der Waals surface area contributed by atoms with Crippen molar-refractivity contribution in [2.24, 2.45) is 0 Å². The lowest BCUT2D eigenvalue weighted by Crippen LogP contribution is -2.59. The summed E-state index contributed by atoms with van der Waals surface area (Å²) in [6.45, 7) is 4.76. The number of hydrogen-bond acceptors (Lipinski definition) is 2. The van der Waals surface area contributed by atoms with Crippen LogP contribution in [0.25, 0.3) is 10.8 Å². The van der Waals surface area contributed by atoms with Crippen molar-refractivity contribution in [1.29, 1.82) is 0 Å². The fraction of sp³-hybridized carbons (Fsp3) is 0.353. The molecule has 2 aromatic carbocycles. The summed E-state index contributed by atoms with van der Waals surface area (Å²) in [5, 5.41) is 5.49. The molecule has 3 rings (SSSR count). The van der Waals surface area contributed by atoms with Crippen molar-refractivity contribution in [3.05, 3.63) is 46.4 Å². The molecule has 1 fully saturated rings. The maximum Gasteiger partial charge on any atom is 0.254 e. The van der Waals surface area contributed by atoms with Gasteiger partial charge in [-0.1, -0.05) is 35.0 Å². The van der Waals surface area contributed by atoms with Crippen molar-refractivity contribution in [2.45, 2.75) is 19.4 Å². The lowest BCUT2D eigenvalue weighted by molar-refractivity contribution is 0.0616. The number of amides is 1. The first-order valence-corrected chi connectivity index (χ1v) is 8.19. The molecule has 4 heteroatoms. The van der Waals surface area contributed by atoms with Gasteiger partial charge in [-0.05, 0) is 41.5 Å². The van der Waals surface area contributed by atoms with E-state index in [4.69, 9.17) is 0 Å². The van der Waals surface area contributed by atoms with Crippen molar-refractivity contribution in [1.82, 2.24) is 10.2 Å². The molecular weight excluding hydrogens is 328 g/mol. The summed E-state index contributed by atoms with van der Waals surface area (Å²) in [6, 6.07) is 12.4. The van der Waals surface area contributed by atoms with E-state index in [2.05, 4.69) is 34.2 Å². The van der Waals surface area contributed by atoms with Crippen LogP contribution < -0.4 is 5.32 Å². The average Bonchev–Trinajstić information content (AvgIpc) is 2.43. The van der Waals surface area contributed by atoms with E-state index >= 15 is 0 Å². The smallest absolute Gasteiger partial charge is 0.254 e. The van der Waals surface area contributed by atoms with Crippen LogP contribution in [-0.4, -0.2) is 36.5 Å². The largest absolute Gasteiger partial charge is 0.333 e. The summed E-state index contributed by atoms with van der Waals surface area (Å²) in [5.41, 5.74) is 0.783. The highest BCUT2D eigenvalue weighted by Crippen LogP contribution is 2.22. The summed E-state index contributed by atoms with van der Waals surface area (Å²) < 4.78 is 1.06. The second-order valence-corrected chi connectivity index (χ2v) is 6.43. The first-order valence-electron chi connectivity index (χ1n) is 7.40. The number of benzene rings is 2. The van der Waals surface area contributed by atoms with Crippen molar-refractivity contribution < 1.29 is 4.79 Å². The summed E-state index contributed by atoms with van der Waals surface area (Å²) in [7, 11) is 0. The molecule has 0 saturated carbocycles. The molecular formula is C17H19BrN2O. The Kier molecular flexibility index (Phi) is 4.27. The van der Waals surface area contributed by atoms with Crippen molar-refractivity contribution in [2.75, 3.05) is 19.6 Å². The second-order valence-electron chi connectivity index (χ2n) is 5.52. The van der Waals surface area contributed by atoms with E-state index in [0.717, 1.165) is 46.9 Å². The average molecular weight is 347 g/mol. The molecule has 0 bridgehead atoms. The number of nitrogens with zero attached hydrogens (tertiary/aromatic N) is 1. The highest BCUT2D eigenvalue weighted by Gasteiger charge is 2.28. The quantitative estimate of drug-likeness (QED) is 0.919. The molecule has 1 N–H and O–H groups in total. The topological polar surface area (TPSA) is 32.3 Å². The van der Waals surface area contributed by atoms with Gasteiger partial charge >= 0.3 is 0 Å². The Morgan fingerprint density at radius 1 is 1.24 bits per heavy atom. The number of rotatable bonds is 4. The fourth-order valence-corrected chi connectivity index (χ4v) is 3.08. The van der Waals surface area contributed by atoms with Crippen LogP contribution in [0, 0.1) is 0 Å². The van der Waals surface area contributed by atoms with Gasteiger partial charge < -0.3 is 10.2 Å². The lowest BCUT2D eigenvalue weighted by atomic mass is 10.0. The minimum Gasteiger partial charge on any atom is -0.333 e. The van der Waals surface area contributed by atoms with Gasteiger partial charge in [0.05, 0.1) is 6.04 Å². The van der Waals surface area contributed by atoms with Crippen molar-refractivity contribution >= 4 is 32.6 Å². The van der Waals surface area contributed by atoms with Gasteiger partial charge in [-0.25, -0.2) is 0 Å². The minimum atomic E-state index is 0.146. The number of fused-ring (bicyclic) bond motifs is 1. The van der Waals surface area contributed by atoms with Crippen molar-refractivity contribution in [3.8, 4) is 0 Å². The van der Waals surface area contributed by atoms with E-state index in [1.165, 1.54) is 0 Å². The summed E-state index contributed by atoms with van der Waals surface area (Å²) in [6.07, 6.45) is 0.989. The second kappa shape index (κ2) is 6.16. The highest BCUT2D eigenvalue weighted by atomic mass is 79.9. The molecule has 0 aliphatic carbocycles. The zero-order valence-corrected chi connectivity index (χ0v) is 13.7. The molecule has 1 amide bonds. The molecule has 0 radical (unpaired) electrons. The summed E-state index contributed by atoms with van der Waals surface area (Å²) in [4.78, 5) is 14.8. The van der Waals surface area contributed by atoms with Gasteiger partial charge in [0.2, 0.25) is 0 Å². The molecule has 0 spiro atoms. The lowest BCUT2D eigenvalue weighted by Gasteiger charge is -2.38. The molecule has 21 heavy (non-hydrogen) atoms. The van der Waals surface area contributed by atoms with E-state index in [0.29, 0.717) is 6.04 Å². The number of nitrogens with one attached hydrogen (secondary N) is 1. The standard InChI is InChI=1S/C17H19BrN2O/c1-2-7-20(16-10-19-11-16)17(21)14-4-3-13-9-15(18)6-5-12(13)8-14/h3-6,8-9,16,19H,2,7,10-11H2,1H3.